The fourth-order valence-corrected chi connectivity index (χ4v) is 4.22. The molecule has 1 N–H and O–H groups in total. The summed E-state index contributed by atoms with van der Waals surface area (Å²) in [5, 5.41) is 9.19. The number of aromatic nitrogens is 2. The van der Waals surface area contributed by atoms with Crippen molar-refractivity contribution >= 4 is 11.6 Å². The van der Waals surface area contributed by atoms with Crippen LogP contribution in [0.1, 0.15) is 24.5 Å². The summed E-state index contributed by atoms with van der Waals surface area (Å²) in [6, 6.07) is 28.0. The second-order valence-electron chi connectivity index (χ2n) is 7.83. The highest BCUT2D eigenvalue weighted by atomic mass is 35.5. The van der Waals surface area contributed by atoms with Crippen molar-refractivity contribution in [1.29, 1.82) is 0 Å². The standard InChI is InChI=1S/C26H24ClN3O/c27-21-7-4-8-22(16-21)30-26(17-25(29-30)20-6-5-15-28-18-20)19-11-13-24(14-12-19)31-23-9-2-1-3-10-23/h1-4,7-14,16-17,20,28H,5-6,15,18H2. The van der Waals surface area contributed by atoms with E-state index in [1.54, 1.807) is 0 Å². The summed E-state index contributed by atoms with van der Waals surface area (Å²) in [4.78, 5) is 0. The molecule has 0 bridgehead atoms. The van der Waals surface area contributed by atoms with Gasteiger partial charge in [0.2, 0.25) is 0 Å². The third-order valence-corrected chi connectivity index (χ3v) is 5.86. The van der Waals surface area contributed by atoms with Gasteiger partial charge in [0.1, 0.15) is 11.5 Å². The number of nitrogens with zero attached hydrogens (tertiary/aromatic N) is 2. The van der Waals surface area contributed by atoms with E-state index in [2.05, 4.69) is 23.5 Å². The topological polar surface area (TPSA) is 39.1 Å². The van der Waals surface area contributed by atoms with E-state index in [1.807, 2.05) is 71.4 Å². The molecule has 31 heavy (non-hydrogen) atoms. The lowest BCUT2D eigenvalue weighted by molar-refractivity contribution is 0.453. The van der Waals surface area contributed by atoms with Crippen LogP contribution in [-0.2, 0) is 0 Å². The third kappa shape index (κ3) is 4.50. The molecule has 0 radical (unpaired) electrons. The minimum Gasteiger partial charge on any atom is -0.457 e. The molecule has 156 valence electrons. The number of rotatable bonds is 5. The van der Waals surface area contributed by atoms with Crippen molar-refractivity contribution in [2.45, 2.75) is 18.8 Å². The van der Waals surface area contributed by atoms with Gasteiger partial charge in [0.15, 0.2) is 0 Å². The van der Waals surface area contributed by atoms with Crippen molar-refractivity contribution in [2.24, 2.45) is 0 Å². The van der Waals surface area contributed by atoms with E-state index in [4.69, 9.17) is 21.4 Å². The van der Waals surface area contributed by atoms with Gasteiger partial charge in [-0.25, -0.2) is 4.68 Å². The first kappa shape index (κ1) is 19.9. The van der Waals surface area contributed by atoms with Crippen LogP contribution >= 0.6 is 11.6 Å². The molecule has 0 spiro atoms. The first-order valence-corrected chi connectivity index (χ1v) is 11.0. The highest BCUT2D eigenvalue weighted by molar-refractivity contribution is 6.30. The fourth-order valence-electron chi connectivity index (χ4n) is 4.03. The van der Waals surface area contributed by atoms with Gasteiger partial charge in [-0.05, 0) is 80.1 Å². The van der Waals surface area contributed by atoms with E-state index in [1.165, 1.54) is 6.42 Å². The van der Waals surface area contributed by atoms with Crippen LogP contribution in [0.5, 0.6) is 11.5 Å². The number of hydrogen-bond donors (Lipinski definition) is 1. The zero-order chi connectivity index (χ0) is 21.0. The van der Waals surface area contributed by atoms with Crippen LogP contribution in [0, 0.1) is 0 Å². The Morgan fingerprint density at radius 3 is 2.45 bits per heavy atom. The Hall–Kier alpha value is -3.08. The van der Waals surface area contributed by atoms with Crippen LogP contribution in [0.3, 0.4) is 0 Å². The van der Waals surface area contributed by atoms with Gasteiger partial charge >= 0.3 is 0 Å². The molecule has 1 atom stereocenters. The van der Waals surface area contributed by atoms with Crippen molar-refractivity contribution in [2.75, 3.05) is 13.1 Å². The molecular formula is C26H24ClN3O. The normalized spacial score (nSPS) is 16.2. The number of hydrogen-bond acceptors (Lipinski definition) is 3. The molecule has 5 heteroatoms. The monoisotopic (exact) mass is 429 g/mol. The molecule has 0 amide bonds. The molecule has 1 fully saturated rings. The lowest BCUT2D eigenvalue weighted by atomic mass is 9.96. The zero-order valence-corrected chi connectivity index (χ0v) is 17.9. The summed E-state index contributed by atoms with van der Waals surface area (Å²) in [5.74, 6) is 2.06. The SMILES string of the molecule is Clc1cccc(-n2nc(C3CCCNC3)cc2-c2ccc(Oc3ccccc3)cc2)c1. The minimum absolute atomic E-state index is 0.425. The Kier molecular flexibility index (Phi) is 5.74. The van der Waals surface area contributed by atoms with E-state index in [0.29, 0.717) is 10.9 Å². The van der Waals surface area contributed by atoms with Crippen molar-refractivity contribution in [3.05, 3.63) is 95.6 Å². The van der Waals surface area contributed by atoms with Crippen LogP contribution in [-0.4, -0.2) is 22.9 Å². The van der Waals surface area contributed by atoms with Crippen LogP contribution < -0.4 is 10.1 Å². The predicted molar refractivity (Wildman–Crippen MR) is 125 cm³/mol. The molecule has 4 aromatic rings. The van der Waals surface area contributed by atoms with E-state index >= 15 is 0 Å². The van der Waals surface area contributed by atoms with Crippen LogP contribution in [0.2, 0.25) is 5.02 Å². The number of ether oxygens (including phenoxy) is 1. The van der Waals surface area contributed by atoms with Gasteiger partial charge in [-0.1, -0.05) is 35.9 Å². The van der Waals surface area contributed by atoms with Crippen molar-refractivity contribution in [3.8, 4) is 28.4 Å². The van der Waals surface area contributed by atoms with Gasteiger partial charge in [0.25, 0.3) is 0 Å². The lowest BCUT2D eigenvalue weighted by Gasteiger charge is -2.20. The Labute approximate surface area is 187 Å². The molecule has 0 saturated carbocycles. The van der Waals surface area contributed by atoms with Gasteiger partial charge < -0.3 is 10.1 Å². The molecule has 1 saturated heterocycles. The van der Waals surface area contributed by atoms with Gasteiger partial charge in [0.05, 0.1) is 17.1 Å². The second kappa shape index (κ2) is 8.96. The highest BCUT2D eigenvalue weighted by Crippen LogP contribution is 2.32. The smallest absolute Gasteiger partial charge is 0.127 e. The number of nitrogens with one attached hydrogen (secondary N) is 1. The number of benzene rings is 3. The van der Waals surface area contributed by atoms with Gasteiger partial charge in [-0.15, -0.1) is 0 Å². The molecule has 4 nitrogen and oxygen atoms in total. The number of piperidine rings is 1. The van der Waals surface area contributed by atoms with Gasteiger partial charge in [0, 0.05) is 23.0 Å². The molecule has 1 aliphatic heterocycles. The molecule has 0 aliphatic carbocycles. The molecule has 3 aromatic carbocycles. The van der Waals surface area contributed by atoms with Gasteiger partial charge in [-0.2, -0.15) is 5.10 Å². The predicted octanol–water partition coefficient (Wildman–Crippen LogP) is 6.45. The zero-order valence-electron chi connectivity index (χ0n) is 17.2. The average molecular weight is 430 g/mol. The maximum atomic E-state index is 6.28. The maximum Gasteiger partial charge on any atom is 0.127 e. The van der Waals surface area contributed by atoms with Crippen molar-refractivity contribution in [1.82, 2.24) is 15.1 Å². The summed E-state index contributed by atoms with van der Waals surface area (Å²) in [6.45, 7) is 2.05. The largest absolute Gasteiger partial charge is 0.457 e. The van der Waals surface area contributed by atoms with E-state index in [0.717, 1.165) is 53.6 Å². The number of halogens is 1. The number of para-hydroxylation sites is 1. The van der Waals surface area contributed by atoms with Crippen LogP contribution in [0.25, 0.3) is 16.9 Å². The summed E-state index contributed by atoms with van der Waals surface area (Å²) in [5.41, 5.74) is 4.21. The summed E-state index contributed by atoms with van der Waals surface area (Å²) < 4.78 is 7.95. The molecule has 1 aliphatic rings. The van der Waals surface area contributed by atoms with E-state index < -0.39 is 0 Å². The quantitative estimate of drug-likeness (QED) is 0.396. The van der Waals surface area contributed by atoms with Gasteiger partial charge in [-0.3, -0.25) is 0 Å². The second-order valence-corrected chi connectivity index (χ2v) is 8.27. The Bertz CT molecular complexity index is 1150. The molecule has 2 heterocycles. The maximum absolute atomic E-state index is 6.28. The Morgan fingerprint density at radius 1 is 0.903 bits per heavy atom. The fraction of sp³-hybridized carbons (Fsp3) is 0.192. The highest BCUT2D eigenvalue weighted by Gasteiger charge is 2.21. The summed E-state index contributed by atoms with van der Waals surface area (Å²) in [7, 11) is 0. The van der Waals surface area contributed by atoms with Crippen LogP contribution in [0.4, 0.5) is 0 Å². The third-order valence-electron chi connectivity index (χ3n) is 5.63. The minimum atomic E-state index is 0.425. The molecule has 5 rings (SSSR count). The Morgan fingerprint density at radius 2 is 1.71 bits per heavy atom. The first-order chi connectivity index (χ1) is 15.3. The Balaban J connectivity index is 1.50. The molecule has 1 unspecified atom stereocenters. The van der Waals surface area contributed by atoms with Crippen molar-refractivity contribution in [3.63, 3.8) is 0 Å². The summed E-state index contributed by atoms with van der Waals surface area (Å²) in [6.07, 6.45) is 2.33. The van der Waals surface area contributed by atoms with E-state index in [-0.39, 0.29) is 0 Å². The summed E-state index contributed by atoms with van der Waals surface area (Å²) >= 11 is 6.28. The molecule has 1 aromatic heterocycles. The lowest BCUT2D eigenvalue weighted by Crippen LogP contribution is -2.28. The molecular weight excluding hydrogens is 406 g/mol. The average Bonchev–Trinajstić information content (AvgIpc) is 3.27. The van der Waals surface area contributed by atoms with Crippen molar-refractivity contribution < 1.29 is 4.74 Å². The van der Waals surface area contributed by atoms with Crippen LogP contribution in [0.15, 0.2) is 84.9 Å². The van der Waals surface area contributed by atoms with E-state index in [9.17, 15) is 0 Å². The first-order valence-electron chi connectivity index (χ1n) is 10.7.